The summed E-state index contributed by atoms with van der Waals surface area (Å²) in [6.07, 6.45) is 5.22. The fourth-order valence-corrected chi connectivity index (χ4v) is 4.13. The second-order valence-electron chi connectivity index (χ2n) is 8.08. The van der Waals surface area contributed by atoms with Crippen LogP contribution in [0.25, 0.3) is 0 Å². The van der Waals surface area contributed by atoms with Crippen LogP contribution in [0.15, 0.2) is 30.3 Å². The van der Waals surface area contributed by atoms with E-state index in [4.69, 9.17) is 0 Å². The zero-order chi connectivity index (χ0) is 19.5. The molecule has 1 aromatic heterocycles. The van der Waals surface area contributed by atoms with E-state index in [1.165, 1.54) is 18.6 Å². The van der Waals surface area contributed by atoms with Crippen LogP contribution in [-0.4, -0.2) is 38.7 Å². The standard InChI is InChI=1S/C22H28FN3O2/c23-18-9-7-16(8-10-18)21(27)6-2-11-25-12-3-13-26-19(15-25)14-20(24-26)22(28)17-4-1-5-17/h7-10,14,17,22,28H,1-6,11-13,15H2/t22-/m1/s1. The minimum Gasteiger partial charge on any atom is -0.386 e. The summed E-state index contributed by atoms with van der Waals surface area (Å²) >= 11 is 0. The number of ketones is 1. The molecule has 2 aliphatic rings. The monoisotopic (exact) mass is 385 g/mol. The SMILES string of the molecule is O=C(CCCN1CCCn2nc([C@H](O)C3CCC3)cc2C1)c1ccc(F)cc1. The van der Waals surface area contributed by atoms with Crippen molar-refractivity contribution in [3.63, 3.8) is 0 Å². The number of halogens is 1. The highest BCUT2D eigenvalue weighted by molar-refractivity contribution is 5.95. The molecule has 0 spiro atoms. The van der Waals surface area contributed by atoms with E-state index in [1.807, 2.05) is 4.68 Å². The fourth-order valence-electron chi connectivity index (χ4n) is 4.13. The lowest BCUT2D eigenvalue weighted by atomic mass is 9.80. The second-order valence-corrected chi connectivity index (χ2v) is 8.08. The molecule has 1 atom stereocenters. The highest BCUT2D eigenvalue weighted by Crippen LogP contribution is 2.37. The number of aryl methyl sites for hydroxylation is 1. The maximum absolute atomic E-state index is 13.0. The lowest BCUT2D eigenvalue weighted by Gasteiger charge is -2.29. The molecular weight excluding hydrogens is 357 g/mol. The molecule has 6 heteroatoms. The van der Waals surface area contributed by atoms with E-state index in [9.17, 15) is 14.3 Å². The molecule has 1 aromatic carbocycles. The van der Waals surface area contributed by atoms with Gasteiger partial charge in [0.25, 0.3) is 0 Å². The second kappa shape index (κ2) is 8.53. The molecule has 1 aliphatic heterocycles. The Morgan fingerprint density at radius 3 is 2.71 bits per heavy atom. The average Bonchev–Trinajstić information content (AvgIpc) is 2.94. The number of Topliss-reactive ketones (excluding diaryl/α,β-unsaturated/α-hetero) is 1. The van der Waals surface area contributed by atoms with Gasteiger partial charge in [0.2, 0.25) is 0 Å². The number of aromatic nitrogens is 2. The van der Waals surface area contributed by atoms with Crippen molar-refractivity contribution in [3.8, 4) is 0 Å². The van der Waals surface area contributed by atoms with E-state index in [1.54, 1.807) is 12.1 Å². The minimum atomic E-state index is -0.435. The summed E-state index contributed by atoms with van der Waals surface area (Å²) < 4.78 is 15.0. The number of carbonyl (C=O) groups is 1. The molecule has 2 aromatic rings. The van der Waals surface area contributed by atoms with Crippen LogP contribution in [0.3, 0.4) is 0 Å². The van der Waals surface area contributed by atoms with Gasteiger partial charge in [-0.2, -0.15) is 5.10 Å². The van der Waals surface area contributed by atoms with Gasteiger partial charge in [0.15, 0.2) is 5.78 Å². The van der Waals surface area contributed by atoms with Gasteiger partial charge in [-0.3, -0.25) is 14.4 Å². The molecule has 0 bridgehead atoms. The van der Waals surface area contributed by atoms with Gasteiger partial charge in [0.05, 0.1) is 11.4 Å². The van der Waals surface area contributed by atoms with E-state index >= 15 is 0 Å². The molecule has 4 rings (SSSR count). The van der Waals surface area contributed by atoms with Gasteiger partial charge in [-0.1, -0.05) is 6.42 Å². The molecule has 0 unspecified atom stereocenters. The molecular formula is C22H28FN3O2. The summed E-state index contributed by atoms with van der Waals surface area (Å²) in [5, 5.41) is 15.2. The molecule has 1 saturated carbocycles. The predicted octanol–water partition coefficient (Wildman–Crippen LogP) is 3.72. The Hall–Kier alpha value is -2.05. The summed E-state index contributed by atoms with van der Waals surface area (Å²) in [5.74, 6) is 0.109. The lowest BCUT2D eigenvalue weighted by Crippen LogP contribution is -2.25. The zero-order valence-electron chi connectivity index (χ0n) is 16.2. The van der Waals surface area contributed by atoms with Crippen molar-refractivity contribution in [2.24, 2.45) is 5.92 Å². The van der Waals surface area contributed by atoms with Crippen LogP contribution in [0.4, 0.5) is 4.39 Å². The molecule has 0 saturated heterocycles. The molecule has 0 radical (unpaired) electrons. The number of aliphatic hydroxyl groups excluding tert-OH is 1. The highest BCUT2D eigenvalue weighted by atomic mass is 19.1. The van der Waals surface area contributed by atoms with Gasteiger partial charge >= 0.3 is 0 Å². The number of benzene rings is 1. The Balaban J connectivity index is 1.31. The van der Waals surface area contributed by atoms with Crippen LogP contribution < -0.4 is 0 Å². The summed E-state index contributed by atoms with van der Waals surface area (Å²) in [4.78, 5) is 14.6. The van der Waals surface area contributed by atoms with Crippen LogP contribution in [-0.2, 0) is 13.1 Å². The van der Waals surface area contributed by atoms with Gasteiger partial charge < -0.3 is 5.11 Å². The van der Waals surface area contributed by atoms with Gasteiger partial charge in [-0.15, -0.1) is 0 Å². The van der Waals surface area contributed by atoms with Crippen molar-refractivity contribution in [2.75, 3.05) is 13.1 Å². The van der Waals surface area contributed by atoms with Crippen molar-refractivity contribution in [3.05, 3.63) is 53.1 Å². The third kappa shape index (κ3) is 4.33. The molecule has 150 valence electrons. The first-order valence-corrected chi connectivity index (χ1v) is 10.4. The van der Waals surface area contributed by atoms with Crippen LogP contribution in [0.5, 0.6) is 0 Å². The topological polar surface area (TPSA) is 58.4 Å². The van der Waals surface area contributed by atoms with Gasteiger partial charge in [-0.05, 0) is 68.5 Å². The lowest BCUT2D eigenvalue weighted by molar-refractivity contribution is 0.0581. The molecule has 1 fully saturated rings. The van der Waals surface area contributed by atoms with Crippen molar-refractivity contribution in [1.29, 1.82) is 0 Å². The van der Waals surface area contributed by atoms with Gasteiger partial charge in [-0.25, -0.2) is 4.39 Å². The largest absolute Gasteiger partial charge is 0.386 e. The summed E-state index contributed by atoms with van der Waals surface area (Å²) in [6.45, 7) is 3.50. The minimum absolute atomic E-state index is 0.0609. The van der Waals surface area contributed by atoms with Crippen LogP contribution in [0.2, 0.25) is 0 Å². The number of aliphatic hydroxyl groups is 1. The Morgan fingerprint density at radius 2 is 2.00 bits per heavy atom. The quantitative estimate of drug-likeness (QED) is 0.738. The van der Waals surface area contributed by atoms with Crippen molar-refractivity contribution in [2.45, 2.75) is 57.7 Å². The summed E-state index contributed by atoms with van der Waals surface area (Å²) in [6, 6.07) is 7.83. The van der Waals surface area contributed by atoms with Crippen LogP contribution in [0.1, 0.15) is 66.4 Å². The van der Waals surface area contributed by atoms with Crippen molar-refractivity contribution < 1.29 is 14.3 Å². The third-order valence-corrected chi connectivity index (χ3v) is 6.06. The third-order valence-electron chi connectivity index (χ3n) is 6.06. The van der Waals surface area contributed by atoms with Crippen LogP contribution >= 0.6 is 0 Å². The van der Waals surface area contributed by atoms with E-state index in [2.05, 4.69) is 16.1 Å². The first-order valence-electron chi connectivity index (χ1n) is 10.4. The molecule has 1 aliphatic carbocycles. The van der Waals surface area contributed by atoms with Gasteiger partial charge in [0.1, 0.15) is 11.9 Å². The molecule has 1 N–H and O–H groups in total. The predicted molar refractivity (Wildman–Crippen MR) is 104 cm³/mol. The first-order chi connectivity index (χ1) is 13.6. The van der Waals surface area contributed by atoms with E-state index in [0.717, 1.165) is 63.3 Å². The number of hydrogen-bond acceptors (Lipinski definition) is 4. The molecule has 0 amide bonds. The van der Waals surface area contributed by atoms with E-state index in [0.29, 0.717) is 17.9 Å². The normalized spacial score (nSPS) is 18.9. The van der Waals surface area contributed by atoms with E-state index in [-0.39, 0.29) is 11.6 Å². The van der Waals surface area contributed by atoms with Crippen LogP contribution in [0, 0.1) is 11.7 Å². The highest BCUT2D eigenvalue weighted by Gasteiger charge is 2.29. The Kier molecular flexibility index (Phi) is 5.87. The van der Waals surface area contributed by atoms with Crippen molar-refractivity contribution >= 4 is 5.78 Å². The number of hydrogen-bond donors (Lipinski definition) is 1. The average molecular weight is 385 g/mol. The Bertz CT molecular complexity index is 814. The Morgan fingerprint density at radius 1 is 1.21 bits per heavy atom. The number of rotatable bonds is 7. The number of carbonyl (C=O) groups excluding carboxylic acids is 1. The maximum atomic E-state index is 13.0. The zero-order valence-corrected chi connectivity index (χ0v) is 16.2. The van der Waals surface area contributed by atoms with E-state index < -0.39 is 6.10 Å². The smallest absolute Gasteiger partial charge is 0.162 e. The fraction of sp³-hybridized carbons (Fsp3) is 0.545. The summed E-state index contributed by atoms with van der Waals surface area (Å²) in [5.41, 5.74) is 2.54. The molecule has 28 heavy (non-hydrogen) atoms. The molecule has 2 heterocycles. The number of fused-ring (bicyclic) bond motifs is 1. The van der Waals surface area contributed by atoms with Crippen molar-refractivity contribution in [1.82, 2.24) is 14.7 Å². The number of nitrogens with zero attached hydrogens (tertiary/aromatic N) is 3. The Labute approximate surface area is 165 Å². The maximum Gasteiger partial charge on any atom is 0.162 e. The van der Waals surface area contributed by atoms with Gasteiger partial charge in [0, 0.05) is 31.6 Å². The summed E-state index contributed by atoms with van der Waals surface area (Å²) in [7, 11) is 0. The first kappa shape index (κ1) is 19.3. The molecule has 5 nitrogen and oxygen atoms in total.